The van der Waals surface area contributed by atoms with Gasteiger partial charge in [0.25, 0.3) is 5.91 Å². The topological polar surface area (TPSA) is 73.4 Å². The van der Waals surface area contributed by atoms with Crippen LogP contribution in [0.25, 0.3) is 16.9 Å². The van der Waals surface area contributed by atoms with Crippen molar-refractivity contribution in [3.8, 4) is 16.9 Å². The van der Waals surface area contributed by atoms with Gasteiger partial charge >= 0.3 is 6.18 Å². The van der Waals surface area contributed by atoms with Gasteiger partial charge in [-0.1, -0.05) is 12.1 Å². The van der Waals surface area contributed by atoms with E-state index in [1.54, 1.807) is 35.2 Å². The molecule has 0 atom stereocenters. The number of nitrogen functional groups attached to an aromatic ring is 1. The third-order valence-electron chi connectivity index (χ3n) is 4.88. The molecule has 9 heteroatoms. The van der Waals surface area contributed by atoms with Crippen LogP contribution in [-0.2, 0) is 10.9 Å². The van der Waals surface area contributed by atoms with Crippen LogP contribution in [0, 0.1) is 0 Å². The number of rotatable bonds is 3. The molecule has 156 valence electrons. The molecule has 2 heterocycles. The Morgan fingerprint density at radius 2 is 1.73 bits per heavy atom. The summed E-state index contributed by atoms with van der Waals surface area (Å²) >= 11 is 0. The molecule has 1 aliphatic heterocycles. The van der Waals surface area contributed by atoms with Crippen molar-refractivity contribution >= 4 is 11.7 Å². The highest BCUT2D eigenvalue weighted by Gasteiger charge is 2.30. The first-order valence-electron chi connectivity index (χ1n) is 9.33. The van der Waals surface area contributed by atoms with Crippen LogP contribution in [0.3, 0.4) is 0 Å². The minimum atomic E-state index is -4.44. The van der Waals surface area contributed by atoms with Gasteiger partial charge < -0.3 is 15.4 Å². The standard InChI is InChI=1S/C21H19F3N4O2/c22-21(23,24)16-3-1-2-15(12-16)18-13-19(25)28(26-18)17-6-4-14(5-7-17)20(29)27-8-10-30-11-9-27/h1-7,12-13H,8-11,25H2. The summed E-state index contributed by atoms with van der Waals surface area (Å²) in [4.78, 5) is 14.3. The summed E-state index contributed by atoms with van der Waals surface area (Å²) in [6.07, 6.45) is -4.44. The molecule has 0 bridgehead atoms. The summed E-state index contributed by atoms with van der Waals surface area (Å²) in [5.74, 6) is 0.192. The fourth-order valence-corrected chi connectivity index (χ4v) is 3.29. The van der Waals surface area contributed by atoms with Crippen molar-refractivity contribution in [1.29, 1.82) is 0 Å². The van der Waals surface area contributed by atoms with Gasteiger partial charge in [-0.3, -0.25) is 4.79 Å². The zero-order chi connectivity index (χ0) is 21.3. The highest BCUT2D eigenvalue weighted by atomic mass is 19.4. The Morgan fingerprint density at radius 1 is 1.03 bits per heavy atom. The van der Waals surface area contributed by atoms with Crippen molar-refractivity contribution < 1.29 is 22.7 Å². The maximum atomic E-state index is 13.0. The highest BCUT2D eigenvalue weighted by Crippen LogP contribution is 2.32. The lowest BCUT2D eigenvalue weighted by Gasteiger charge is -2.26. The van der Waals surface area contributed by atoms with Gasteiger partial charge in [-0.25, -0.2) is 4.68 Å². The minimum absolute atomic E-state index is 0.0806. The molecular formula is C21H19F3N4O2. The van der Waals surface area contributed by atoms with Crippen LogP contribution in [0.15, 0.2) is 54.6 Å². The van der Waals surface area contributed by atoms with Crippen LogP contribution in [0.1, 0.15) is 15.9 Å². The van der Waals surface area contributed by atoms with Crippen molar-refractivity contribution in [2.24, 2.45) is 0 Å². The third-order valence-corrected chi connectivity index (χ3v) is 4.88. The number of ether oxygens (including phenoxy) is 1. The van der Waals surface area contributed by atoms with Crippen LogP contribution in [0.2, 0.25) is 0 Å². The molecule has 1 aromatic heterocycles. The number of aromatic nitrogens is 2. The van der Waals surface area contributed by atoms with Crippen LogP contribution in [-0.4, -0.2) is 46.9 Å². The van der Waals surface area contributed by atoms with Crippen LogP contribution in [0.5, 0.6) is 0 Å². The molecule has 6 nitrogen and oxygen atoms in total. The molecule has 0 saturated carbocycles. The zero-order valence-corrected chi connectivity index (χ0v) is 15.9. The number of nitrogens with zero attached hydrogens (tertiary/aromatic N) is 3. The van der Waals surface area contributed by atoms with E-state index in [1.807, 2.05) is 0 Å². The van der Waals surface area contributed by atoms with Gasteiger partial charge in [-0.2, -0.15) is 18.3 Å². The number of anilines is 1. The van der Waals surface area contributed by atoms with Gasteiger partial charge in [-0.05, 0) is 36.4 Å². The summed E-state index contributed by atoms with van der Waals surface area (Å²) in [6.45, 7) is 2.14. The third kappa shape index (κ3) is 4.02. The van der Waals surface area contributed by atoms with E-state index >= 15 is 0 Å². The van der Waals surface area contributed by atoms with Gasteiger partial charge in [0, 0.05) is 30.3 Å². The van der Waals surface area contributed by atoms with Gasteiger partial charge in [0.2, 0.25) is 0 Å². The van der Waals surface area contributed by atoms with E-state index in [0.29, 0.717) is 48.8 Å². The molecule has 0 spiro atoms. The molecule has 0 aliphatic carbocycles. The predicted octanol–water partition coefficient (Wildman–Crippen LogP) is 3.61. The SMILES string of the molecule is Nc1cc(-c2cccc(C(F)(F)F)c2)nn1-c1ccc(C(=O)N2CCOCC2)cc1. The van der Waals surface area contributed by atoms with Gasteiger partial charge in [0.15, 0.2) is 0 Å². The monoisotopic (exact) mass is 416 g/mol. The number of morpholine rings is 1. The first-order valence-corrected chi connectivity index (χ1v) is 9.33. The molecule has 1 fully saturated rings. The molecule has 1 amide bonds. The molecule has 1 aliphatic rings. The van der Waals surface area contributed by atoms with Crippen molar-refractivity contribution in [3.63, 3.8) is 0 Å². The number of nitrogens with two attached hydrogens (primary N) is 1. The van der Waals surface area contributed by atoms with Crippen LogP contribution in [0.4, 0.5) is 19.0 Å². The predicted molar refractivity (Wildman–Crippen MR) is 105 cm³/mol. The highest BCUT2D eigenvalue weighted by molar-refractivity contribution is 5.94. The Morgan fingerprint density at radius 3 is 2.40 bits per heavy atom. The fraction of sp³-hybridized carbons (Fsp3) is 0.238. The second-order valence-electron chi connectivity index (χ2n) is 6.90. The smallest absolute Gasteiger partial charge is 0.384 e. The molecule has 30 heavy (non-hydrogen) atoms. The number of amides is 1. The normalized spacial score (nSPS) is 14.7. The Kier molecular flexibility index (Phi) is 5.21. The molecule has 4 rings (SSSR count). The molecule has 2 N–H and O–H groups in total. The Hall–Kier alpha value is -3.33. The summed E-state index contributed by atoms with van der Waals surface area (Å²) in [7, 11) is 0. The number of carbonyl (C=O) groups is 1. The average Bonchev–Trinajstić information content (AvgIpc) is 3.15. The fourth-order valence-electron chi connectivity index (χ4n) is 3.29. The van der Waals surface area contributed by atoms with E-state index in [9.17, 15) is 18.0 Å². The summed E-state index contributed by atoms with van der Waals surface area (Å²) in [5.41, 5.74) is 7.06. The summed E-state index contributed by atoms with van der Waals surface area (Å²) in [6, 6.07) is 13.2. The number of hydrogen-bond acceptors (Lipinski definition) is 4. The summed E-state index contributed by atoms with van der Waals surface area (Å²) < 4.78 is 45.6. The van der Waals surface area contributed by atoms with Crippen molar-refractivity contribution in [3.05, 3.63) is 65.7 Å². The Balaban J connectivity index is 1.58. The molecule has 0 unspecified atom stereocenters. The number of halogens is 3. The summed E-state index contributed by atoms with van der Waals surface area (Å²) in [5, 5.41) is 4.35. The zero-order valence-electron chi connectivity index (χ0n) is 15.9. The maximum absolute atomic E-state index is 13.0. The van der Waals surface area contributed by atoms with Crippen molar-refractivity contribution in [1.82, 2.24) is 14.7 Å². The second-order valence-corrected chi connectivity index (χ2v) is 6.90. The Bertz CT molecular complexity index is 1050. The minimum Gasteiger partial charge on any atom is -0.384 e. The number of alkyl halides is 3. The molecule has 3 aromatic rings. The van der Waals surface area contributed by atoms with Crippen molar-refractivity contribution in [2.45, 2.75) is 6.18 Å². The second kappa shape index (κ2) is 7.83. The molecule has 1 saturated heterocycles. The lowest BCUT2D eigenvalue weighted by atomic mass is 10.1. The molecular weight excluding hydrogens is 397 g/mol. The largest absolute Gasteiger partial charge is 0.416 e. The quantitative estimate of drug-likeness (QED) is 0.708. The van der Waals surface area contributed by atoms with Crippen LogP contribution < -0.4 is 5.73 Å². The number of hydrogen-bond donors (Lipinski definition) is 1. The maximum Gasteiger partial charge on any atom is 0.416 e. The lowest BCUT2D eigenvalue weighted by Crippen LogP contribution is -2.40. The number of benzene rings is 2. The Labute approximate surface area is 170 Å². The van der Waals surface area contributed by atoms with Gasteiger partial charge in [-0.15, -0.1) is 0 Å². The average molecular weight is 416 g/mol. The first-order chi connectivity index (χ1) is 14.3. The first kappa shape index (κ1) is 20.0. The van der Waals surface area contributed by atoms with Gasteiger partial charge in [0.05, 0.1) is 30.2 Å². The number of carbonyl (C=O) groups excluding carboxylic acids is 1. The van der Waals surface area contributed by atoms with E-state index in [-0.39, 0.29) is 11.7 Å². The van der Waals surface area contributed by atoms with E-state index in [2.05, 4.69) is 5.10 Å². The van der Waals surface area contributed by atoms with E-state index in [4.69, 9.17) is 10.5 Å². The van der Waals surface area contributed by atoms with E-state index < -0.39 is 11.7 Å². The lowest BCUT2D eigenvalue weighted by molar-refractivity contribution is -0.137. The van der Waals surface area contributed by atoms with E-state index in [0.717, 1.165) is 12.1 Å². The van der Waals surface area contributed by atoms with Crippen LogP contribution >= 0.6 is 0 Å². The molecule has 0 radical (unpaired) electrons. The van der Waals surface area contributed by atoms with E-state index in [1.165, 1.54) is 16.8 Å². The van der Waals surface area contributed by atoms with Gasteiger partial charge in [0.1, 0.15) is 5.82 Å². The molecule has 2 aromatic carbocycles. The van der Waals surface area contributed by atoms with Crippen molar-refractivity contribution in [2.75, 3.05) is 32.0 Å².